The highest BCUT2D eigenvalue weighted by Gasteiger charge is 2.17. The molecule has 0 saturated heterocycles. The summed E-state index contributed by atoms with van der Waals surface area (Å²) < 4.78 is 7.96. The van der Waals surface area contributed by atoms with Crippen molar-refractivity contribution >= 4 is 29.0 Å². The van der Waals surface area contributed by atoms with Crippen LogP contribution in [-0.2, 0) is 6.54 Å². The fourth-order valence-electron chi connectivity index (χ4n) is 2.75. The van der Waals surface area contributed by atoms with Crippen LogP contribution in [0.25, 0.3) is 17.2 Å². The molecule has 1 amide bonds. The minimum atomic E-state index is -1.03. The van der Waals surface area contributed by atoms with E-state index in [4.69, 9.17) is 4.42 Å². The molecule has 3 rings (SSSR count). The van der Waals surface area contributed by atoms with Crippen LogP contribution in [0.3, 0.4) is 0 Å². The zero-order valence-electron chi connectivity index (χ0n) is 15.4. The SMILES string of the molecule is CC[n+]1c(/C=C/C=C/C=C/N(C(=O)O)c2ccccc2)oc2ccccc21.[I-]. The zero-order chi connectivity index (χ0) is 19.1. The molecule has 28 heavy (non-hydrogen) atoms. The molecular formula is C22H21IN2O3. The van der Waals surface area contributed by atoms with E-state index in [0.29, 0.717) is 5.69 Å². The van der Waals surface area contributed by atoms with Gasteiger partial charge in [0.1, 0.15) is 6.54 Å². The van der Waals surface area contributed by atoms with Crippen molar-refractivity contribution in [3.63, 3.8) is 0 Å². The molecule has 0 bridgehead atoms. The highest BCUT2D eigenvalue weighted by Crippen LogP contribution is 2.15. The van der Waals surface area contributed by atoms with E-state index in [-0.39, 0.29) is 24.0 Å². The topological polar surface area (TPSA) is 57.6 Å². The Morgan fingerprint density at radius 1 is 1.04 bits per heavy atom. The molecule has 0 unspecified atom stereocenters. The van der Waals surface area contributed by atoms with Crippen LogP contribution in [0.1, 0.15) is 12.8 Å². The van der Waals surface area contributed by atoms with Crippen LogP contribution in [0.2, 0.25) is 0 Å². The van der Waals surface area contributed by atoms with Gasteiger partial charge in [0.25, 0.3) is 5.52 Å². The second kappa shape index (κ2) is 10.5. The lowest BCUT2D eigenvalue weighted by Gasteiger charge is -2.13. The number of carbonyl (C=O) groups is 1. The van der Waals surface area contributed by atoms with E-state index in [1.165, 1.54) is 11.1 Å². The van der Waals surface area contributed by atoms with E-state index < -0.39 is 6.09 Å². The van der Waals surface area contributed by atoms with Gasteiger partial charge in [0.15, 0.2) is 0 Å². The Bertz CT molecular complexity index is 1010. The van der Waals surface area contributed by atoms with E-state index >= 15 is 0 Å². The second-order valence-corrected chi connectivity index (χ2v) is 5.73. The maximum absolute atomic E-state index is 11.4. The van der Waals surface area contributed by atoms with Crippen molar-refractivity contribution in [2.24, 2.45) is 0 Å². The third-order valence-corrected chi connectivity index (χ3v) is 4.00. The van der Waals surface area contributed by atoms with E-state index in [1.54, 1.807) is 36.4 Å². The van der Waals surface area contributed by atoms with E-state index in [0.717, 1.165) is 23.5 Å². The number of aromatic nitrogens is 1. The van der Waals surface area contributed by atoms with Gasteiger partial charge in [0.05, 0.1) is 11.8 Å². The fraction of sp³-hybridized carbons (Fsp3) is 0.0909. The Labute approximate surface area is 180 Å². The van der Waals surface area contributed by atoms with Gasteiger partial charge in [-0.15, -0.1) is 0 Å². The van der Waals surface area contributed by atoms with Crippen LogP contribution in [0, 0.1) is 0 Å². The Kier molecular flexibility index (Phi) is 8.01. The maximum atomic E-state index is 11.4. The lowest BCUT2D eigenvalue weighted by atomic mass is 10.3. The average Bonchev–Trinajstić information content (AvgIpc) is 3.05. The molecule has 0 atom stereocenters. The number of hydrogen-bond acceptors (Lipinski definition) is 2. The molecule has 0 aliphatic carbocycles. The van der Waals surface area contributed by atoms with Crippen molar-refractivity contribution in [2.45, 2.75) is 13.5 Å². The minimum Gasteiger partial charge on any atom is -1.00 e. The summed E-state index contributed by atoms with van der Waals surface area (Å²) in [5.41, 5.74) is 2.50. The van der Waals surface area contributed by atoms with Gasteiger partial charge in [0, 0.05) is 12.3 Å². The van der Waals surface area contributed by atoms with E-state index in [2.05, 4.69) is 11.5 Å². The molecule has 5 nitrogen and oxygen atoms in total. The first kappa shape index (κ1) is 21.4. The number of rotatable bonds is 6. The van der Waals surface area contributed by atoms with Crippen LogP contribution in [-0.4, -0.2) is 11.2 Å². The molecule has 0 aliphatic heterocycles. The summed E-state index contributed by atoms with van der Waals surface area (Å²) in [4.78, 5) is 12.5. The van der Waals surface area contributed by atoms with Crippen molar-refractivity contribution in [1.82, 2.24) is 0 Å². The number of fused-ring (bicyclic) bond motifs is 1. The van der Waals surface area contributed by atoms with Crippen molar-refractivity contribution in [3.05, 3.63) is 91.0 Å². The second-order valence-electron chi connectivity index (χ2n) is 5.73. The summed E-state index contributed by atoms with van der Waals surface area (Å²) in [7, 11) is 0. The number of nitrogens with zero attached hydrogens (tertiary/aromatic N) is 2. The highest BCUT2D eigenvalue weighted by molar-refractivity contribution is 5.88. The monoisotopic (exact) mass is 488 g/mol. The fourth-order valence-corrected chi connectivity index (χ4v) is 2.75. The van der Waals surface area contributed by atoms with Crippen molar-refractivity contribution in [3.8, 4) is 0 Å². The van der Waals surface area contributed by atoms with Crippen molar-refractivity contribution in [1.29, 1.82) is 0 Å². The Hall–Kier alpha value is -2.87. The summed E-state index contributed by atoms with van der Waals surface area (Å²) in [6, 6.07) is 16.8. The summed E-state index contributed by atoms with van der Waals surface area (Å²) in [5.74, 6) is 0.767. The number of oxazole rings is 1. The van der Waals surface area contributed by atoms with E-state index in [9.17, 15) is 9.90 Å². The third kappa shape index (κ3) is 5.10. The molecule has 0 aliphatic rings. The molecule has 2 aromatic carbocycles. The van der Waals surface area contributed by atoms with Crippen LogP contribution in [0.15, 0.2) is 89.5 Å². The highest BCUT2D eigenvalue weighted by atomic mass is 127. The molecule has 6 heteroatoms. The van der Waals surface area contributed by atoms with Gasteiger partial charge in [-0.05, 0) is 31.2 Å². The van der Waals surface area contributed by atoms with Crippen LogP contribution in [0.4, 0.5) is 10.5 Å². The summed E-state index contributed by atoms with van der Waals surface area (Å²) in [6.45, 7) is 2.88. The molecule has 1 aromatic heterocycles. The average molecular weight is 488 g/mol. The molecule has 0 saturated carbocycles. The standard InChI is InChI=1S/C22H20N2O3.HI/c1-2-23-19-14-9-10-15-20(19)27-21(23)16-8-3-4-11-17-24(22(25)26)18-12-6-5-7-13-18;/h3-17H,2H2,1H3;1H. The Morgan fingerprint density at radius 2 is 1.71 bits per heavy atom. The van der Waals surface area contributed by atoms with Crippen LogP contribution in [0.5, 0.6) is 0 Å². The number of amides is 1. The summed E-state index contributed by atoms with van der Waals surface area (Å²) in [6.07, 6.45) is 9.51. The molecule has 144 valence electrons. The number of anilines is 1. The Morgan fingerprint density at radius 3 is 2.43 bits per heavy atom. The summed E-state index contributed by atoms with van der Waals surface area (Å²) >= 11 is 0. The first-order valence-electron chi connectivity index (χ1n) is 8.71. The smallest absolute Gasteiger partial charge is 0.415 e. The number of carboxylic acid groups (broad SMARTS) is 1. The predicted molar refractivity (Wildman–Crippen MR) is 106 cm³/mol. The van der Waals surface area contributed by atoms with Gasteiger partial charge in [-0.1, -0.05) is 48.6 Å². The van der Waals surface area contributed by atoms with Gasteiger partial charge >= 0.3 is 12.0 Å². The number of halogens is 1. The number of hydrogen-bond donors (Lipinski definition) is 1. The molecule has 3 aromatic rings. The molecule has 0 fully saturated rings. The lowest BCUT2D eigenvalue weighted by molar-refractivity contribution is -0.674. The molecule has 1 N–H and O–H groups in total. The van der Waals surface area contributed by atoms with Gasteiger partial charge < -0.3 is 33.5 Å². The zero-order valence-corrected chi connectivity index (χ0v) is 17.6. The van der Waals surface area contributed by atoms with Crippen LogP contribution >= 0.6 is 0 Å². The Balaban J connectivity index is 0.00000280. The van der Waals surface area contributed by atoms with Crippen LogP contribution < -0.4 is 33.4 Å². The number of allylic oxidation sites excluding steroid dienone is 4. The van der Waals surface area contributed by atoms with Gasteiger partial charge in [-0.25, -0.2) is 4.79 Å². The lowest BCUT2D eigenvalue weighted by Crippen LogP contribution is -3.00. The number of benzene rings is 2. The normalized spacial score (nSPS) is 11.5. The predicted octanol–water partition coefficient (Wildman–Crippen LogP) is 2.01. The molecule has 1 heterocycles. The maximum Gasteiger partial charge on any atom is 0.415 e. The third-order valence-electron chi connectivity index (χ3n) is 4.00. The van der Waals surface area contributed by atoms with Gasteiger partial charge in [-0.3, -0.25) is 4.90 Å². The van der Waals surface area contributed by atoms with Gasteiger partial charge in [0.2, 0.25) is 5.58 Å². The first-order valence-corrected chi connectivity index (χ1v) is 8.71. The van der Waals surface area contributed by atoms with Crippen molar-refractivity contribution in [2.75, 3.05) is 4.90 Å². The van der Waals surface area contributed by atoms with Crippen molar-refractivity contribution < 1.29 is 42.9 Å². The molecule has 0 radical (unpaired) electrons. The van der Waals surface area contributed by atoms with Gasteiger partial charge in [-0.2, -0.15) is 4.57 Å². The number of aryl methyl sites for hydroxylation is 1. The first-order chi connectivity index (χ1) is 13.2. The number of para-hydroxylation sites is 3. The van der Waals surface area contributed by atoms with E-state index in [1.807, 2.05) is 48.6 Å². The minimum absolute atomic E-state index is 0. The molecule has 0 spiro atoms. The quantitative estimate of drug-likeness (QED) is 0.328. The summed E-state index contributed by atoms with van der Waals surface area (Å²) in [5, 5.41) is 9.33. The largest absolute Gasteiger partial charge is 1.00 e. The molecular weight excluding hydrogens is 467 g/mol.